The van der Waals surface area contributed by atoms with E-state index in [0.29, 0.717) is 24.7 Å². The summed E-state index contributed by atoms with van der Waals surface area (Å²) in [5.41, 5.74) is 6.69. The first-order valence-electron chi connectivity index (χ1n) is 7.82. The number of benzene rings is 1. The van der Waals surface area contributed by atoms with Gasteiger partial charge in [0.25, 0.3) is 0 Å². The number of nitrogens with zero attached hydrogens (tertiary/aromatic N) is 1. The highest BCUT2D eigenvalue weighted by Crippen LogP contribution is 2.34. The summed E-state index contributed by atoms with van der Waals surface area (Å²) in [7, 11) is 0. The van der Waals surface area contributed by atoms with Crippen LogP contribution in [0.25, 0.3) is 0 Å². The number of amides is 1. The average Bonchev–Trinajstić information content (AvgIpc) is 2.80. The fourth-order valence-electron chi connectivity index (χ4n) is 3.43. The second-order valence-electron chi connectivity index (χ2n) is 6.48. The Balaban J connectivity index is 1.41. The number of nitrogens with two attached hydrogens (primary N) is 1. The van der Waals surface area contributed by atoms with Crippen molar-refractivity contribution in [2.75, 3.05) is 13.1 Å². The summed E-state index contributed by atoms with van der Waals surface area (Å²) in [4.78, 5) is 13.8. The standard InChI is InChI=1S/C17H24N2O2/c1-12-9-19(10-16(12)17(18)20)14-7-15(8-14)21-11-13-5-3-2-4-6-13/h2-6,12,14-16H,7-11H2,1H3,(H2,18,20)/t12-,14?,15?,16-/m1/s1. The molecule has 1 saturated carbocycles. The molecule has 4 heteroatoms. The second kappa shape index (κ2) is 6.16. The highest BCUT2D eigenvalue weighted by Gasteiger charge is 2.41. The molecule has 0 bridgehead atoms. The predicted octanol–water partition coefficient (Wildman–Crippen LogP) is 1.79. The van der Waals surface area contributed by atoms with E-state index in [1.54, 1.807) is 0 Å². The van der Waals surface area contributed by atoms with Gasteiger partial charge in [-0.2, -0.15) is 0 Å². The van der Waals surface area contributed by atoms with Gasteiger partial charge in [-0.3, -0.25) is 9.69 Å². The summed E-state index contributed by atoms with van der Waals surface area (Å²) in [5, 5.41) is 0. The van der Waals surface area contributed by atoms with Gasteiger partial charge < -0.3 is 10.5 Å². The van der Waals surface area contributed by atoms with Crippen LogP contribution in [-0.2, 0) is 16.1 Å². The summed E-state index contributed by atoms with van der Waals surface area (Å²) >= 11 is 0. The largest absolute Gasteiger partial charge is 0.373 e. The van der Waals surface area contributed by atoms with E-state index in [-0.39, 0.29) is 11.8 Å². The quantitative estimate of drug-likeness (QED) is 0.898. The van der Waals surface area contributed by atoms with E-state index in [2.05, 4.69) is 24.0 Å². The summed E-state index contributed by atoms with van der Waals surface area (Å²) in [6.45, 7) is 4.63. The maximum atomic E-state index is 11.4. The van der Waals surface area contributed by atoms with Crippen molar-refractivity contribution in [2.45, 2.75) is 38.5 Å². The predicted molar refractivity (Wildman–Crippen MR) is 81.5 cm³/mol. The molecule has 0 spiro atoms. The molecular formula is C17H24N2O2. The third-order valence-corrected chi connectivity index (χ3v) is 4.92. The van der Waals surface area contributed by atoms with E-state index in [9.17, 15) is 4.79 Å². The van der Waals surface area contributed by atoms with E-state index >= 15 is 0 Å². The molecule has 0 radical (unpaired) electrons. The molecule has 1 aliphatic carbocycles. The van der Waals surface area contributed by atoms with Crippen molar-refractivity contribution in [3.8, 4) is 0 Å². The number of ether oxygens (including phenoxy) is 1. The molecule has 1 heterocycles. The molecule has 1 aromatic rings. The van der Waals surface area contributed by atoms with E-state index in [4.69, 9.17) is 10.5 Å². The molecule has 2 fully saturated rings. The van der Waals surface area contributed by atoms with E-state index in [1.807, 2.05) is 18.2 Å². The monoisotopic (exact) mass is 288 g/mol. The summed E-state index contributed by atoms with van der Waals surface area (Å²) in [6, 6.07) is 10.9. The van der Waals surface area contributed by atoms with Crippen LogP contribution in [0.2, 0.25) is 0 Å². The Hall–Kier alpha value is -1.39. The highest BCUT2D eigenvalue weighted by molar-refractivity contribution is 5.77. The van der Waals surface area contributed by atoms with Crippen LogP contribution in [0.1, 0.15) is 25.3 Å². The van der Waals surface area contributed by atoms with Crippen molar-refractivity contribution in [1.82, 2.24) is 4.90 Å². The Morgan fingerprint density at radius 2 is 2.00 bits per heavy atom. The summed E-state index contributed by atoms with van der Waals surface area (Å²) in [6.07, 6.45) is 2.51. The van der Waals surface area contributed by atoms with Crippen LogP contribution in [0, 0.1) is 11.8 Å². The molecule has 21 heavy (non-hydrogen) atoms. The molecular weight excluding hydrogens is 264 g/mol. The molecule has 1 saturated heterocycles. The van der Waals surface area contributed by atoms with Crippen molar-refractivity contribution in [1.29, 1.82) is 0 Å². The molecule has 114 valence electrons. The lowest BCUT2D eigenvalue weighted by molar-refractivity contribution is -0.122. The van der Waals surface area contributed by atoms with E-state index in [0.717, 1.165) is 25.9 Å². The minimum atomic E-state index is -0.152. The first kappa shape index (κ1) is 14.5. The van der Waals surface area contributed by atoms with E-state index < -0.39 is 0 Å². The number of carbonyl (C=O) groups excluding carboxylic acids is 1. The van der Waals surface area contributed by atoms with Gasteiger partial charge in [0.2, 0.25) is 5.91 Å². The molecule has 0 aromatic heterocycles. The van der Waals surface area contributed by atoms with Gasteiger partial charge in [0.1, 0.15) is 0 Å². The van der Waals surface area contributed by atoms with Gasteiger partial charge >= 0.3 is 0 Å². The molecule has 3 rings (SSSR count). The van der Waals surface area contributed by atoms with Gasteiger partial charge in [-0.1, -0.05) is 37.3 Å². The Bertz CT molecular complexity index is 485. The second-order valence-corrected chi connectivity index (χ2v) is 6.48. The number of hydrogen-bond donors (Lipinski definition) is 1. The molecule has 2 N–H and O–H groups in total. The number of hydrogen-bond acceptors (Lipinski definition) is 3. The minimum Gasteiger partial charge on any atom is -0.373 e. The van der Waals surface area contributed by atoms with E-state index in [1.165, 1.54) is 5.56 Å². The first-order valence-corrected chi connectivity index (χ1v) is 7.82. The zero-order valence-electron chi connectivity index (χ0n) is 12.6. The van der Waals surface area contributed by atoms with Crippen LogP contribution in [0.3, 0.4) is 0 Å². The average molecular weight is 288 g/mol. The van der Waals surface area contributed by atoms with Crippen molar-refractivity contribution in [3.05, 3.63) is 35.9 Å². The van der Waals surface area contributed by atoms with Crippen molar-refractivity contribution < 1.29 is 9.53 Å². The van der Waals surface area contributed by atoms with Crippen molar-refractivity contribution in [3.63, 3.8) is 0 Å². The molecule has 1 amide bonds. The van der Waals surface area contributed by atoms with Crippen LogP contribution in [0.4, 0.5) is 0 Å². The number of carbonyl (C=O) groups is 1. The fourth-order valence-corrected chi connectivity index (χ4v) is 3.43. The third-order valence-electron chi connectivity index (χ3n) is 4.92. The number of primary amides is 1. The molecule has 1 aliphatic heterocycles. The molecule has 2 atom stereocenters. The lowest BCUT2D eigenvalue weighted by atomic mass is 9.88. The van der Waals surface area contributed by atoms with Gasteiger partial charge in [0, 0.05) is 19.1 Å². The number of likely N-dealkylation sites (tertiary alicyclic amines) is 1. The fraction of sp³-hybridized carbons (Fsp3) is 0.588. The topological polar surface area (TPSA) is 55.6 Å². The maximum Gasteiger partial charge on any atom is 0.222 e. The van der Waals surface area contributed by atoms with Gasteiger partial charge in [-0.05, 0) is 24.3 Å². The smallest absolute Gasteiger partial charge is 0.222 e. The van der Waals surface area contributed by atoms with Crippen LogP contribution >= 0.6 is 0 Å². The zero-order valence-corrected chi connectivity index (χ0v) is 12.6. The Labute approximate surface area is 126 Å². The third kappa shape index (κ3) is 3.27. The maximum absolute atomic E-state index is 11.4. The first-order chi connectivity index (χ1) is 10.1. The lowest BCUT2D eigenvalue weighted by Gasteiger charge is -2.41. The Morgan fingerprint density at radius 1 is 1.29 bits per heavy atom. The van der Waals surface area contributed by atoms with Crippen LogP contribution < -0.4 is 5.73 Å². The lowest BCUT2D eigenvalue weighted by Crippen LogP contribution is -2.47. The molecule has 0 unspecified atom stereocenters. The van der Waals surface area contributed by atoms with Crippen LogP contribution in [-0.4, -0.2) is 36.0 Å². The normalized spacial score (nSPS) is 32.8. The van der Waals surface area contributed by atoms with Gasteiger partial charge in [0.05, 0.1) is 18.6 Å². The molecule has 1 aromatic carbocycles. The molecule has 2 aliphatic rings. The minimum absolute atomic E-state index is 0.0225. The van der Waals surface area contributed by atoms with Gasteiger partial charge in [0.15, 0.2) is 0 Å². The molecule has 4 nitrogen and oxygen atoms in total. The van der Waals surface area contributed by atoms with Crippen molar-refractivity contribution >= 4 is 5.91 Å². The van der Waals surface area contributed by atoms with Gasteiger partial charge in [-0.15, -0.1) is 0 Å². The summed E-state index contributed by atoms with van der Waals surface area (Å²) < 4.78 is 5.94. The number of rotatable bonds is 5. The van der Waals surface area contributed by atoms with Gasteiger partial charge in [-0.25, -0.2) is 0 Å². The van der Waals surface area contributed by atoms with Crippen molar-refractivity contribution in [2.24, 2.45) is 17.6 Å². The highest BCUT2D eigenvalue weighted by atomic mass is 16.5. The Kier molecular flexibility index (Phi) is 4.27. The Morgan fingerprint density at radius 3 is 2.62 bits per heavy atom. The SMILES string of the molecule is C[C@@H]1CN(C2CC(OCc3ccccc3)C2)C[C@H]1C(N)=O. The van der Waals surface area contributed by atoms with Crippen LogP contribution in [0.15, 0.2) is 30.3 Å². The van der Waals surface area contributed by atoms with Crippen LogP contribution in [0.5, 0.6) is 0 Å². The summed E-state index contributed by atoms with van der Waals surface area (Å²) in [5.74, 6) is 0.252. The zero-order chi connectivity index (χ0) is 14.8.